The zero-order chi connectivity index (χ0) is 17.9. The van der Waals surface area contributed by atoms with E-state index in [4.69, 9.17) is 4.74 Å². The number of benzene rings is 1. The van der Waals surface area contributed by atoms with Crippen LogP contribution in [0.15, 0.2) is 47.8 Å². The predicted octanol–water partition coefficient (Wildman–Crippen LogP) is 2.22. The number of carbonyl (C=O) groups excluding carboxylic acids is 2. The Morgan fingerprint density at radius 2 is 2.04 bits per heavy atom. The Labute approximate surface area is 157 Å². The summed E-state index contributed by atoms with van der Waals surface area (Å²) in [6.45, 7) is 1.58. The monoisotopic (exact) mass is 370 g/mol. The zero-order valence-electron chi connectivity index (χ0n) is 14.5. The minimum atomic E-state index is -0.290. The van der Waals surface area contributed by atoms with Crippen LogP contribution in [0.1, 0.15) is 16.9 Å². The second kappa shape index (κ2) is 7.60. The summed E-state index contributed by atoms with van der Waals surface area (Å²) in [5.74, 6) is -0.238. The summed E-state index contributed by atoms with van der Waals surface area (Å²) in [6.07, 6.45) is 0.992. The smallest absolute Gasteiger partial charge is 0.227 e. The molecule has 3 heterocycles. The van der Waals surface area contributed by atoms with Crippen molar-refractivity contribution in [1.82, 2.24) is 10.2 Å². The summed E-state index contributed by atoms with van der Waals surface area (Å²) in [5.41, 5.74) is 0.999. The Hall–Kier alpha value is -2.18. The highest BCUT2D eigenvalue weighted by Gasteiger charge is 2.50. The minimum absolute atomic E-state index is 0.0173. The maximum absolute atomic E-state index is 12.8. The Kier molecular flexibility index (Phi) is 5.04. The molecule has 4 rings (SSSR count). The van der Waals surface area contributed by atoms with E-state index in [9.17, 15) is 9.59 Å². The first-order valence-electron chi connectivity index (χ1n) is 8.97. The second-order valence-corrected chi connectivity index (χ2v) is 7.84. The molecule has 1 aromatic carbocycles. The summed E-state index contributed by atoms with van der Waals surface area (Å²) in [4.78, 5) is 28.5. The lowest BCUT2D eigenvalue weighted by molar-refractivity contribution is -0.131. The Morgan fingerprint density at radius 1 is 1.19 bits per heavy atom. The fraction of sp³-hybridized carbons (Fsp3) is 0.400. The number of likely N-dealkylation sites (tertiary alicyclic amines) is 1. The third kappa shape index (κ3) is 3.52. The van der Waals surface area contributed by atoms with Gasteiger partial charge in [0.05, 0.1) is 31.0 Å². The molecular weight excluding hydrogens is 348 g/mol. The molecule has 6 heteroatoms. The summed E-state index contributed by atoms with van der Waals surface area (Å²) in [7, 11) is 0. The van der Waals surface area contributed by atoms with E-state index in [1.54, 1.807) is 11.3 Å². The zero-order valence-corrected chi connectivity index (χ0v) is 15.3. The maximum atomic E-state index is 12.8. The fourth-order valence-electron chi connectivity index (χ4n) is 3.88. The van der Waals surface area contributed by atoms with E-state index >= 15 is 0 Å². The van der Waals surface area contributed by atoms with Gasteiger partial charge in [0.25, 0.3) is 0 Å². The molecule has 0 bridgehead atoms. The summed E-state index contributed by atoms with van der Waals surface area (Å²) in [5, 5.41) is 5.00. The number of amides is 2. The van der Waals surface area contributed by atoms with Gasteiger partial charge in [0.1, 0.15) is 0 Å². The molecule has 26 heavy (non-hydrogen) atoms. The summed E-state index contributed by atoms with van der Waals surface area (Å²) in [6, 6.07) is 13.7. The Bertz CT molecular complexity index is 763. The normalized spacial score (nSPS) is 24.5. The highest BCUT2D eigenvalue weighted by Crippen LogP contribution is 2.34. The fourth-order valence-corrected chi connectivity index (χ4v) is 4.52. The van der Waals surface area contributed by atoms with Crippen molar-refractivity contribution in [2.45, 2.75) is 31.5 Å². The summed E-state index contributed by atoms with van der Waals surface area (Å²) < 4.78 is 5.83. The predicted molar refractivity (Wildman–Crippen MR) is 99.7 cm³/mol. The minimum Gasteiger partial charge on any atom is -0.375 e. The van der Waals surface area contributed by atoms with E-state index < -0.39 is 0 Å². The van der Waals surface area contributed by atoms with Crippen LogP contribution in [0.2, 0.25) is 0 Å². The van der Waals surface area contributed by atoms with Crippen LogP contribution in [-0.2, 0) is 27.3 Å². The molecule has 0 radical (unpaired) electrons. The van der Waals surface area contributed by atoms with Crippen LogP contribution in [-0.4, -0.2) is 42.0 Å². The lowest BCUT2D eigenvalue weighted by Gasteiger charge is -2.22. The van der Waals surface area contributed by atoms with Crippen molar-refractivity contribution in [1.29, 1.82) is 0 Å². The molecule has 0 spiro atoms. The molecule has 1 N–H and O–H groups in total. The molecule has 2 aromatic rings. The Morgan fingerprint density at radius 3 is 2.81 bits per heavy atom. The van der Waals surface area contributed by atoms with Gasteiger partial charge in [0.15, 0.2) is 0 Å². The van der Waals surface area contributed by atoms with Gasteiger partial charge in [-0.05, 0) is 23.4 Å². The third-order valence-electron chi connectivity index (χ3n) is 5.17. The molecule has 136 valence electrons. The van der Waals surface area contributed by atoms with Crippen LogP contribution in [0.3, 0.4) is 0 Å². The van der Waals surface area contributed by atoms with Crippen LogP contribution in [0.25, 0.3) is 0 Å². The van der Waals surface area contributed by atoms with Gasteiger partial charge in [0.2, 0.25) is 11.8 Å². The van der Waals surface area contributed by atoms with Crippen LogP contribution < -0.4 is 5.32 Å². The molecule has 2 aliphatic rings. The van der Waals surface area contributed by atoms with Gasteiger partial charge >= 0.3 is 0 Å². The topological polar surface area (TPSA) is 58.6 Å². The quantitative estimate of drug-likeness (QED) is 0.878. The highest BCUT2D eigenvalue weighted by atomic mass is 32.1. The van der Waals surface area contributed by atoms with Crippen molar-refractivity contribution in [3.63, 3.8) is 0 Å². The van der Waals surface area contributed by atoms with E-state index in [1.165, 1.54) is 0 Å². The number of nitrogens with one attached hydrogen (secondary N) is 1. The molecule has 1 aromatic heterocycles. The number of carbonyl (C=O) groups is 2. The van der Waals surface area contributed by atoms with Crippen molar-refractivity contribution in [3.05, 3.63) is 58.3 Å². The molecule has 3 unspecified atom stereocenters. The molecule has 3 atom stereocenters. The average Bonchev–Trinajstić information content (AvgIpc) is 3.38. The lowest BCUT2D eigenvalue weighted by atomic mass is 10.0. The number of nitrogens with zero attached hydrogens (tertiary/aromatic N) is 1. The molecule has 2 saturated heterocycles. The van der Waals surface area contributed by atoms with Crippen molar-refractivity contribution >= 4 is 23.2 Å². The standard InChI is InChI=1S/C20H22N2O3S/c23-18(11-14-5-2-1-3-6-14)22-13-16(19-17(22)8-9-25-19)20(24)21-12-15-7-4-10-26-15/h1-7,10,16-17,19H,8-9,11-13H2,(H,21,24). The van der Waals surface area contributed by atoms with Crippen LogP contribution >= 0.6 is 11.3 Å². The van der Waals surface area contributed by atoms with Crippen molar-refractivity contribution < 1.29 is 14.3 Å². The first-order valence-corrected chi connectivity index (χ1v) is 9.85. The van der Waals surface area contributed by atoms with Gasteiger partial charge in [-0.15, -0.1) is 11.3 Å². The van der Waals surface area contributed by atoms with E-state index in [2.05, 4.69) is 5.32 Å². The molecule has 2 fully saturated rings. The van der Waals surface area contributed by atoms with Gasteiger partial charge in [-0.25, -0.2) is 0 Å². The van der Waals surface area contributed by atoms with E-state index in [1.807, 2.05) is 52.7 Å². The van der Waals surface area contributed by atoms with Crippen molar-refractivity contribution in [2.24, 2.45) is 5.92 Å². The molecule has 0 aliphatic carbocycles. The molecule has 5 nitrogen and oxygen atoms in total. The molecule has 2 aliphatic heterocycles. The second-order valence-electron chi connectivity index (χ2n) is 6.80. The first-order chi connectivity index (χ1) is 12.7. The number of hydrogen-bond acceptors (Lipinski definition) is 4. The van der Waals surface area contributed by atoms with E-state index in [-0.39, 0.29) is 29.9 Å². The van der Waals surface area contributed by atoms with Gasteiger partial charge in [-0.1, -0.05) is 36.4 Å². The van der Waals surface area contributed by atoms with Crippen LogP contribution in [0.5, 0.6) is 0 Å². The summed E-state index contributed by atoms with van der Waals surface area (Å²) >= 11 is 1.62. The largest absolute Gasteiger partial charge is 0.375 e. The van der Waals surface area contributed by atoms with Crippen molar-refractivity contribution in [3.8, 4) is 0 Å². The van der Waals surface area contributed by atoms with Crippen LogP contribution in [0, 0.1) is 5.92 Å². The van der Waals surface area contributed by atoms with Gasteiger partial charge < -0.3 is 15.0 Å². The number of fused-ring (bicyclic) bond motifs is 1. The van der Waals surface area contributed by atoms with Crippen molar-refractivity contribution in [2.75, 3.05) is 13.2 Å². The average molecular weight is 370 g/mol. The van der Waals surface area contributed by atoms with Gasteiger partial charge in [-0.2, -0.15) is 0 Å². The Balaban J connectivity index is 1.41. The first kappa shape index (κ1) is 17.2. The SMILES string of the molecule is O=C(NCc1cccs1)C1CN(C(=O)Cc2ccccc2)C2CCOC12. The molecular formula is C20H22N2O3S. The molecule has 0 saturated carbocycles. The van der Waals surface area contributed by atoms with E-state index in [0.29, 0.717) is 26.1 Å². The lowest BCUT2D eigenvalue weighted by Crippen LogP contribution is -2.38. The van der Waals surface area contributed by atoms with E-state index in [0.717, 1.165) is 16.9 Å². The highest BCUT2D eigenvalue weighted by molar-refractivity contribution is 7.09. The molecule has 2 amide bonds. The maximum Gasteiger partial charge on any atom is 0.227 e. The van der Waals surface area contributed by atoms with Gasteiger partial charge in [0, 0.05) is 18.0 Å². The van der Waals surface area contributed by atoms with Gasteiger partial charge in [-0.3, -0.25) is 9.59 Å². The number of thiophene rings is 1. The number of rotatable bonds is 5. The number of hydrogen-bond donors (Lipinski definition) is 1. The van der Waals surface area contributed by atoms with Crippen LogP contribution in [0.4, 0.5) is 0 Å². The third-order valence-corrected chi connectivity index (χ3v) is 6.04. The number of ether oxygens (including phenoxy) is 1.